The number of carbonyl (C=O) groups is 1. The monoisotopic (exact) mass is 357 g/mol. The molecule has 5 nitrogen and oxygen atoms in total. The van der Waals surface area contributed by atoms with Crippen molar-refractivity contribution in [2.24, 2.45) is 5.41 Å². The van der Waals surface area contributed by atoms with Crippen molar-refractivity contribution in [2.45, 2.75) is 46.2 Å². The van der Waals surface area contributed by atoms with Crippen LogP contribution in [0.25, 0.3) is 11.3 Å². The van der Waals surface area contributed by atoms with Gasteiger partial charge in [0.2, 0.25) is 5.91 Å². The molecule has 1 amide bonds. The maximum absolute atomic E-state index is 13.1. The highest BCUT2D eigenvalue weighted by molar-refractivity contribution is 5.82. The minimum Gasteiger partial charge on any atom is -0.337 e. The van der Waals surface area contributed by atoms with E-state index in [-0.39, 0.29) is 23.3 Å². The molecule has 138 valence electrons. The number of halogens is 1. The molecule has 0 spiro atoms. The molecule has 6 heteroatoms. The fraction of sp³-hybridized carbons (Fsp3) is 0.450. The minimum atomic E-state index is -0.447. The molecule has 1 aliphatic heterocycles. The number of hydrogen-bond donors (Lipinski definition) is 0. The van der Waals surface area contributed by atoms with Crippen LogP contribution in [0, 0.1) is 11.2 Å². The van der Waals surface area contributed by atoms with Crippen molar-refractivity contribution in [1.29, 1.82) is 0 Å². The molecule has 1 fully saturated rings. The van der Waals surface area contributed by atoms with Gasteiger partial charge in [-0.3, -0.25) is 9.59 Å². The van der Waals surface area contributed by atoms with Crippen LogP contribution in [0.3, 0.4) is 0 Å². The van der Waals surface area contributed by atoms with Crippen LogP contribution in [0.4, 0.5) is 4.39 Å². The van der Waals surface area contributed by atoms with Gasteiger partial charge in [0, 0.05) is 23.6 Å². The zero-order valence-corrected chi connectivity index (χ0v) is 15.4. The molecule has 0 unspecified atom stereocenters. The summed E-state index contributed by atoms with van der Waals surface area (Å²) in [5.74, 6) is -0.216. The van der Waals surface area contributed by atoms with Gasteiger partial charge in [-0.15, -0.1) is 0 Å². The minimum absolute atomic E-state index is 0.0320. The summed E-state index contributed by atoms with van der Waals surface area (Å²) in [6.07, 6.45) is 1.79. The lowest BCUT2D eigenvalue weighted by Gasteiger charge is -2.31. The van der Waals surface area contributed by atoms with Gasteiger partial charge in [0.05, 0.1) is 18.3 Å². The lowest BCUT2D eigenvalue weighted by atomic mass is 9.94. The van der Waals surface area contributed by atoms with Crippen LogP contribution in [0.1, 0.15) is 33.6 Å². The van der Waals surface area contributed by atoms with E-state index in [1.807, 2.05) is 25.7 Å². The average molecular weight is 357 g/mol. The van der Waals surface area contributed by atoms with Crippen LogP contribution in [0.5, 0.6) is 0 Å². The van der Waals surface area contributed by atoms with Gasteiger partial charge < -0.3 is 4.90 Å². The SMILES string of the molecule is CC(C)(C)C(=O)N1CCC[C@H]1Cn1nc(-c2ccc(F)cc2)ccc1=O. The van der Waals surface area contributed by atoms with Crippen LogP contribution in [-0.2, 0) is 11.3 Å². The van der Waals surface area contributed by atoms with Crippen molar-refractivity contribution in [1.82, 2.24) is 14.7 Å². The standard InChI is InChI=1S/C20H24FN3O2/c1-20(2,3)19(26)23-12-4-5-16(23)13-24-18(25)11-10-17(22-24)14-6-8-15(21)9-7-14/h6-11,16H,4-5,12-13H2,1-3H3/t16-/m0/s1. The smallest absolute Gasteiger partial charge is 0.266 e. The molecule has 26 heavy (non-hydrogen) atoms. The molecule has 1 saturated heterocycles. The summed E-state index contributed by atoms with van der Waals surface area (Å²) >= 11 is 0. The zero-order valence-electron chi connectivity index (χ0n) is 15.4. The van der Waals surface area contributed by atoms with Crippen molar-refractivity contribution in [3.8, 4) is 11.3 Å². The van der Waals surface area contributed by atoms with E-state index in [2.05, 4.69) is 5.10 Å². The number of amides is 1. The number of aromatic nitrogens is 2. The van der Waals surface area contributed by atoms with Gasteiger partial charge in [-0.2, -0.15) is 5.10 Å². The molecule has 1 aromatic carbocycles. The van der Waals surface area contributed by atoms with Gasteiger partial charge in [0.25, 0.3) is 5.56 Å². The third-order valence-corrected chi connectivity index (χ3v) is 4.67. The Bertz CT molecular complexity index is 853. The van der Waals surface area contributed by atoms with E-state index in [0.29, 0.717) is 18.8 Å². The molecule has 1 atom stereocenters. The Labute approximate surface area is 152 Å². The van der Waals surface area contributed by atoms with E-state index < -0.39 is 5.41 Å². The first-order valence-corrected chi connectivity index (χ1v) is 8.91. The first kappa shape index (κ1) is 18.3. The Morgan fingerprint density at radius 2 is 1.88 bits per heavy atom. The molecule has 0 saturated carbocycles. The molecule has 2 heterocycles. The molecule has 1 aromatic heterocycles. The van der Waals surface area contributed by atoms with E-state index in [4.69, 9.17) is 0 Å². The van der Waals surface area contributed by atoms with E-state index >= 15 is 0 Å². The number of benzene rings is 1. The second-order valence-corrected chi connectivity index (χ2v) is 7.79. The van der Waals surface area contributed by atoms with Crippen LogP contribution in [-0.4, -0.2) is 33.2 Å². The third kappa shape index (κ3) is 3.84. The average Bonchev–Trinajstić information content (AvgIpc) is 3.04. The van der Waals surface area contributed by atoms with E-state index in [1.165, 1.54) is 22.9 Å². The Kier molecular flexibility index (Phi) is 4.94. The number of likely N-dealkylation sites (tertiary alicyclic amines) is 1. The third-order valence-electron chi connectivity index (χ3n) is 4.67. The molecular formula is C20H24FN3O2. The van der Waals surface area contributed by atoms with E-state index in [1.54, 1.807) is 18.2 Å². The number of hydrogen-bond acceptors (Lipinski definition) is 3. The Hall–Kier alpha value is -2.50. The van der Waals surface area contributed by atoms with Gasteiger partial charge in [-0.05, 0) is 43.2 Å². The highest BCUT2D eigenvalue weighted by Gasteiger charge is 2.35. The fourth-order valence-corrected chi connectivity index (χ4v) is 3.28. The van der Waals surface area contributed by atoms with Crippen molar-refractivity contribution in [3.63, 3.8) is 0 Å². The maximum atomic E-state index is 13.1. The van der Waals surface area contributed by atoms with Gasteiger partial charge in [-0.25, -0.2) is 9.07 Å². The highest BCUT2D eigenvalue weighted by atomic mass is 19.1. The summed E-state index contributed by atoms with van der Waals surface area (Å²) in [5, 5.41) is 4.44. The number of carbonyl (C=O) groups excluding carboxylic acids is 1. The number of nitrogens with zero attached hydrogens (tertiary/aromatic N) is 3. The van der Waals surface area contributed by atoms with Gasteiger partial charge >= 0.3 is 0 Å². The van der Waals surface area contributed by atoms with Gasteiger partial charge in [-0.1, -0.05) is 20.8 Å². The molecule has 0 aliphatic carbocycles. The lowest BCUT2D eigenvalue weighted by Crippen LogP contribution is -2.45. The van der Waals surface area contributed by atoms with Crippen LogP contribution in [0.2, 0.25) is 0 Å². The first-order valence-electron chi connectivity index (χ1n) is 8.91. The zero-order chi connectivity index (χ0) is 18.9. The van der Waals surface area contributed by atoms with E-state index in [0.717, 1.165) is 18.4 Å². The molecule has 3 rings (SSSR count). The fourth-order valence-electron chi connectivity index (χ4n) is 3.28. The summed E-state index contributed by atoms with van der Waals surface area (Å²) in [6, 6.07) is 9.08. The molecule has 0 N–H and O–H groups in total. The molecule has 0 bridgehead atoms. The Morgan fingerprint density at radius 3 is 2.54 bits per heavy atom. The summed E-state index contributed by atoms with van der Waals surface area (Å²) in [4.78, 5) is 26.8. The van der Waals surface area contributed by atoms with Crippen LogP contribution in [0.15, 0.2) is 41.2 Å². The quantitative estimate of drug-likeness (QED) is 0.848. The van der Waals surface area contributed by atoms with Gasteiger partial charge in [0.15, 0.2) is 0 Å². The predicted octanol–water partition coefficient (Wildman–Crippen LogP) is 3.09. The first-order chi connectivity index (χ1) is 12.3. The van der Waals surface area contributed by atoms with Crippen molar-refractivity contribution >= 4 is 5.91 Å². The largest absolute Gasteiger partial charge is 0.337 e. The summed E-state index contributed by atoms with van der Waals surface area (Å²) in [6.45, 7) is 6.81. The predicted molar refractivity (Wildman–Crippen MR) is 98.1 cm³/mol. The second kappa shape index (κ2) is 7.02. The van der Waals surface area contributed by atoms with Crippen molar-refractivity contribution in [3.05, 3.63) is 52.6 Å². The van der Waals surface area contributed by atoms with Gasteiger partial charge in [0.1, 0.15) is 5.82 Å². The maximum Gasteiger partial charge on any atom is 0.266 e. The number of rotatable bonds is 3. The molecule has 2 aromatic rings. The summed E-state index contributed by atoms with van der Waals surface area (Å²) in [7, 11) is 0. The van der Waals surface area contributed by atoms with E-state index in [9.17, 15) is 14.0 Å². The normalized spacial score (nSPS) is 17.5. The molecular weight excluding hydrogens is 333 g/mol. The lowest BCUT2D eigenvalue weighted by molar-refractivity contribution is -0.140. The van der Waals surface area contributed by atoms with Crippen LogP contribution < -0.4 is 5.56 Å². The Balaban J connectivity index is 1.85. The van der Waals surface area contributed by atoms with Crippen LogP contribution >= 0.6 is 0 Å². The second-order valence-electron chi connectivity index (χ2n) is 7.79. The molecule has 0 radical (unpaired) electrons. The Morgan fingerprint density at radius 1 is 1.19 bits per heavy atom. The molecule has 1 aliphatic rings. The summed E-state index contributed by atoms with van der Waals surface area (Å²) in [5.41, 5.74) is 0.702. The van der Waals surface area contributed by atoms with Crippen molar-refractivity contribution in [2.75, 3.05) is 6.54 Å². The van der Waals surface area contributed by atoms with Crippen molar-refractivity contribution < 1.29 is 9.18 Å². The highest BCUT2D eigenvalue weighted by Crippen LogP contribution is 2.26. The topological polar surface area (TPSA) is 55.2 Å². The summed E-state index contributed by atoms with van der Waals surface area (Å²) < 4.78 is 14.5.